The molecule has 0 radical (unpaired) electrons. The Morgan fingerprint density at radius 3 is 2.50 bits per heavy atom. The van der Waals surface area contributed by atoms with Crippen LogP contribution in [0.4, 0.5) is 15.8 Å². The lowest BCUT2D eigenvalue weighted by atomic mass is 9.85. The lowest BCUT2D eigenvalue weighted by Crippen LogP contribution is -2.32. The van der Waals surface area contributed by atoms with Crippen LogP contribution in [0.1, 0.15) is 48.5 Å². The number of halogens is 1. The Bertz CT molecular complexity index is 909. The third-order valence-electron chi connectivity index (χ3n) is 5.52. The lowest BCUT2D eigenvalue weighted by molar-refractivity contribution is -0.122. The van der Waals surface area contributed by atoms with Gasteiger partial charge in [0, 0.05) is 50.0 Å². The Balaban J connectivity index is 1.85. The highest BCUT2D eigenvalue weighted by atomic mass is 19.1. The Morgan fingerprint density at radius 2 is 1.90 bits per heavy atom. The van der Waals surface area contributed by atoms with E-state index >= 15 is 0 Å². The molecule has 160 valence electrons. The van der Waals surface area contributed by atoms with Gasteiger partial charge in [-0.2, -0.15) is 0 Å². The van der Waals surface area contributed by atoms with Crippen LogP contribution in [0.5, 0.6) is 0 Å². The molecular formula is C24H30FN3O2. The Morgan fingerprint density at radius 1 is 1.13 bits per heavy atom. The monoisotopic (exact) mass is 411 g/mol. The molecule has 0 atom stereocenters. The third kappa shape index (κ3) is 5.17. The van der Waals surface area contributed by atoms with E-state index in [0.29, 0.717) is 18.7 Å². The van der Waals surface area contributed by atoms with Crippen molar-refractivity contribution in [1.82, 2.24) is 4.90 Å². The lowest BCUT2D eigenvalue weighted by Gasteiger charge is -2.27. The van der Waals surface area contributed by atoms with Crippen LogP contribution < -0.4 is 10.2 Å². The van der Waals surface area contributed by atoms with E-state index < -0.39 is 5.82 Å². The molecule has 0 aliphatic heterocycles. The summed E-state index contributed by atoms with van der Waals surface area (Å²) in [6.45, 7) is 2.94. The minimum absolute atomic E-state index is 0.0612. The highest BCUT2D eigenvalue weighted by Crippen LogP contribution is 2.29. The number of benzene rings is 2. The molecule has 0 unspecified atom stereocenters. The Kier molecular flexibility index (Phi) is 7.08. The summed E-state index contributed by atoms with van der Waals surface area (Å²) in [7, 11) is 3.90. The van der Waals surface area contributed by atoms with Crippen LogP contribution in [-0.4, -0.2) is 37.4 Å². The van der Waals surface area contributed by atoms with Crippen molar-refractivity contribution < 1.29 is 14.0 Å². The van der Waals surface area contributed by atoms with Crippen molar-refractivity contribution in [3.05, 3.63) is 59.4 Å². The molecule has 2 aromatic carbocycles. The van der Waals surface area contributed by atoms with Gasteiger partial charge in [-0.3, -0.25) is 9.59 Å². The first kappa shape index (κ1) is 21.8. The van der Waals surface area contributed by atoms with E-state index in [1.165, 1.54) is 12.1 Å². The predicted octanol–water partition coefficient (Wildman–Crippen LogP) is 4.68. The molecule has 0 saturated heterocycles. The van der Waals surface area contributed by atoms with Crippen molar-refractivity contribution in [2.75, 3.05) is 30.9 Å². The number of hydrogen-bond donors (Lipinski definition) is 1. The second kappa shape index (κ2) is 9.74. The van der Waals surface area contributed by atoms with Gasteiger partial charge >= 0.3 is 0 Å². The van der Waals surface area contributed by atoms with E-state index in [1.807, 2.05) is 44.1 Å². The first-order valence-electron chi connectivity index (χ1n) is 10.5. The standard InChI is InChI=1S/C24H30FN3O2/c1-4-13-28(24(30)18-9-6-10-20(25)14-18)16-19-15-21(11-12-22(19)27(2)3)26-23(29)17-7-5-8-17/h6,9-12,14-15,17H,4-5,7-8,13,16H2,1-3H3,(H,26,29). The summed E-state index contributed by atoms with van der Waals surface area (Å²) in [5.74, 6) is -0.462. The normalized spacial score (nSPS) is 13.5. The summed E-state index contributed by atoms with van der Waals surface area (Å²) >= 11 is 0. The molecule has 0 aromatic heterocycles. The Labute approximate surface area is 177 Å². The number of carbonyl (C=O) groups excluding carboxylic acids is 2. The molecule has 1 fully saturated rings. The maximum atomic E-state index is 13.6. The van der Waals surface area contributed by atoms with Crippen LogP contribution in [0.3, 0.4) is 0 Å². The molecule has 2 amide bonds. The number of amides is 2. The van der Waals surface area contributed by atoms with E-state index in [9.17, 15) is 14.0 Å². The zero-order valence-corrected chi connectivity index (χ0v) is 18.0. The van der Waals surface area contributed by atoms with Gasteiger partial charge in [0.15, 0.2) is 0 Å². The number of nitrogens with zero attached hydrogens (tertiary/aromatic N) is 2. The highest BCUT2D eigenvalue weighted by Gasteiger charge is 2.25. The number of hydrogen-bond acceptors (Lipinski definition) is 3. The first-order valence-corrected chi connectivity index (χ1v) is 10.5. The maximum absolute atomic E-state index is 13.6. The number of anilines is 2. The summed E-state index contributed by atoms with van der Waals surface area (Å²) in [5, 5.41) is 3.01. The van der Waals surface area contributed by atoms with Crippen molar-refractivity contribution in [3.63, 3.8) is 0 Å². The van der Waals surface area contributed by atoms with E-state index in [1.54, 1.807) is 17.0 Å². The molecule has 1 aliphatic rings. The molecule has 0 spiro atoms. The van der Waals surface area contributed by atoms with Crippen molar-refractivity contribution >= 4 is 23.2 Å². The molecule has 30 heavy (non-hydrogen) atoms. The van der Waals surface area contributed by atoms with Crippen LogP contribution >= 0.6 is 0 Å². The molecule has 1 N–H and O–H groups in total. The fraction of sp³-hybridized carbons (Fsp3) is 0.417. The minimum atomic E-state index is -0.424. The van der Waals surface area contributed by atoms with E-state index in [-0.39, 0.29) is 17.7 Å². The number of rotatable bonds is 8. The zero-order chi connectivity index (χ0) is 21.7. The first-order chi connectivity index (χ1) is 14.4. The highest BCUT2D eigenvalue weighted by molar-refractivity contribution is 5.95. The van der Waals surface area contributed by atoms with Crippen molar-refractivity contribution in [2.24, 2.45) is 5.92 Å². The van der Waals surface area contributed by atoms with Crippen molar-refractivity contribution in [1.29, 1.82) is 0 Å². The zero-order valence-electron chi connectivity index (χ0n) is 18.0. The largest absolute Gasteiger partial charge is 0.377 e. The molecule has 5 nitrogen and oxygen atoms in total. The third-order valence-corrected chi connectivity index (χ3v) is 5.52. The second-order valence-corrected chi connectivity index (χ2v) is 8.09. The van der Waals surface area contributed by atoms with E-state index in [2.05, 4.69) is 5.32 Å². The van der Waals surface area contributed by atoms with Crippen LogP contribution in [0.25, 0.3) is 0 Å². The molecule has 2 aromatic rings. The van der Waals surface area contributed by atoms with Gasteiger partial charge in [0.25, 0.3) is 5.91 Å². The maximum Gasteiger partial charge on any atom is 0.254 e. The van der Waals surface area contributed by atoms with Gasteiger partial charge < -0.3 is 15.1 Å². The van der Waals surface area contributed by atoms with Gasteiger partial charge in [-0.15, -0.1) is 0 Å². The van der Waals surface area contributed by atoms with Gasteiger partial charge in [0.2, 0.25) is 5.91 Å². The molecular weight excluding hydrogens is 381 g/mol. The minimum Gasteiger partial charge on any atom is -0.377 e. The molecule has 0 heterocycles. The fourth-order valence-corrected chi connectivity index (χ4v) is 3.67. The average Bonchev–Trinajstić information content (AvgIpc) is 2.65. The summed E-state index contributed by atoms with van der Waals surface area (Å²) in [4.78, 5) is 29.1. The van der Waals surface area contributed by atoms with Crippen LogP contribution in [0, 0.1) is 11.7 Å². The molecule has 1 aliphatic carbocycles. The average molecular weight is 412 g/mol. The van der Waals surface area contributed by atoms with Gasteiger partial charge in [0.05, 0.1) is 0 Å². The van der Waals surface area contributed by atoms with Gasteiger partial charge in [-0.1, -0.05) is 19.4 Å². The fourth-order valence-electron chi connectivity index (χ4n) is 3.67. The van der Waals surface area contributed by atoms with Gasteiger partial charge in [-0.05, 0) is 61.2 Å². The number of carbonyl (C=O) groups is 2. The molecule has 3 rings (SSSR count). The van der Waals surface area contributed by atoms with Gasteiger partial charge in [-0.25, -0.2) is 4.39 Å². The van der Waals surface area contributed by atoms with E-state index in [0.717, 1.165) is 42.6 Å². The predicted molar refractivity (Wildman–Crippen MR) is 118 cm³/mol. The quantitative estimate of drug-likeness (QED) is 0.686. The van der Waals surface area contributed by atoms with Crippen LogP contribution in [-0.2, 0) is 11.3 Å². The number of nitrogens with one attached hydrogen (secondary N) is 1. The summed E-state index contributed by atoms with van der Waals surface area (Å²) in [6, 6.07) is 11.6. The van der Waals surface area contributed by atoms with Crippen LogP contribution in [0.15, 0.2) is 42.5 Å². The van der Waals surface area contributed by atoms with Gasteiger partial charge in [0.1, 0.15) is 5.82 Å². The Hall–Kier alpha value is -2.89. The summed E-state index contributed by atoms with van der Waals surface area (Å²) in [5.41, 5.74) is 2.99. The molecule has 1 saturated carbocycles. The van der Waals surface area contributed by atoms with Crippen LogP contribution in [0.2, 0.25) is 0 Å². The molecule has 6 heteroatoms. The SMILES string of the molecule is CCCN(Cc1cc(NC(=O)C2CCC2)ccc1N(C)C)C(=O)c1cccc(F)c1. The second-order valence-electron chi connectivity index (χ2n) is 8.09. The van der Waals surface area contributed by atoms with Crippen molar-refractivity contribution in [3.8, 4) is 0 Å². The van der Waals surface area contributed by atoms with E-state index in [4.69, 9.17) is 0 Å². The summed E-state index contributed by atoms with van der Waals surface area (Å²) in [6.07, 6.45) is 3.79. The summed E-state index contributed by atoms with van der Waals surface area (Å²) < 4.78 is 13.6. The molecule has 0 bridgehead atoms. The topological polar surface area (TPSA) is 52.7 Å². The smallest absolute Gasteiger partial charge is 0.254 e. The van der Waals surface area contributed by atoms with Crippen molar-refractivity contribution in [2.45, 2.75) is 39.2 Å².